The van der Waals surface area contributed by atoms with Crippen LogP contribution >= 0.6 is 11.6 Å². The Hall–Kier alpha value is -2.41. The molecule has 25 heavy (non-hydrogen) atoms. The Labute approximate surface area is 151 Å². The Kier molecular flexibility index (Phi) is 5.79. The Morgan fingerprint density at radius 3 is 2.56 bits per heavy atom. The van der Waals surface area contributed by atoms with Crippen LogP contribution in [-0.2, 0) is 9.53 Å². The Bertz CT molecular complexity index is 801. The van der Waals surface area contributed by atoms with E-state index in [0.717, 1.165) is 11.4 Å². The summed E-state index contributed by atoms with van der Waals surface area (Å²) < 4.78 is 6.67. The quantitative estimate of drug-likeness (QED) is 0.762. The summed E-state index contributed by atoms with van der Waals surface area (Å²) in [4.78, 5) is 29.9. The number of rotatable bonds is 5. The summed E-state index contributed by atoms with van der Waals surface area (Å²) in [5.41, 5.74) is 1.66. The molecule has 0 saturated carbocycles. The van der Waals surface area contributed by atoms with Crippen molar-refractivity contribution in [2.75, 3.05) is 13.7 Å². The lowest BCUT2D eigenvalue weighted by Crippen LogP contribution is -2.36. The molecule has 0 aliphatic carbocycles. The van der Waals surface area contributed by atoms with Gasteiger partial charge < -0.3 is 9.64 Å². The largest absolute Gasteiger partial charge is 0.451 e. The first-order valence-electron chi connectivity index (χ1n) is 7.83. The van der Waals surface area contributed by atoms with Crippen molar-refractivity contribution in [1.82, 2.24) is 19.7 Å². The van der Waals surface area contributed by atoms with Gasteiger partial charge in [0.15, 0.2) is 18.1 Å². The fourth-order valence-corrected chi connectivity index (χ4v) is 2.32. The fraction of sp³-hybridized carbons (Fsp3) is 0.412. The number of halogens is 1. The van der Waals surface area contributed by atoms with Gasteiger partial charge in [-0.25, -0.2) is 14.5 Å². The van der Waals surface area contributed by atoms with Crippen molar-refractivity contribution < 1.29 is 14.3 Å². The van der Waals surface area contributed by atoms with Crippen LogP contribution in [0.1, 0.15) is 35.7 Å². The van der Waals surface area contributed by atoms with Gasteiger partial charge in [0.1, 0.15) is 0 Å². The van der Waals surface area contributed by atoms with Gasteiger partial charge in [0.05, 0.1) is 10.7 Å². The van der Waals surface area contributed by atoms with Gasteiger partial charge in [-0.05, 0) is 45.9 Å². The van der Waals surface area contributed by atoms with Gasteiger partial charge in [-0.1, -0.05) is 11.6 Å². The number of hydrogen-bond donors (Lipinski definition) is 0. The van der Waals surface area contributed by atoms with Crippen LogP contribution in [0.4, 0.5) is 0 Å². The van der Waals surface area contributed by atoms with Crippen LogP contribution in [0.3, 0.4) is 0 Å². The number of esters is 1. The van der Waals surface area contributed by atoms with E-state index in [9.17, 15) is 9.59 Å². The molecule has 0 atom stereocenters. The third-order valence-electron chi connectivity index (χ3n) is 3.75. The number of nitrogens with zero attached hydrogens (tertiary/aromatic N) is 4. The van der Waals surface area contributed by atoms with Gasteiger partial charge in [-0.15, -0.1) is 0 Å². The molecule has 0 unspecified atom stereocenters. The van der Waals surface area contributed by atoms with Crippen molar-refractivity contribution in [2.24, 2.45) is 0 Å². The van der Waals surface area contributed by atoms with E-state index in [-0.39, 0.29) is 29.3 Å². The Morgan fingerprint density at radius 2 is 2.00 bits per heavy atom. The fourth-order valence-electron chi connectivity index (χ4n) is 2.14. The molecule has 134 valence electrons. The smallest absolute Gasteiger partial charge is 0.359 e. The molecule has 2 heterocycles. The average Bonchev–Trinajstić information content (AvgIpc) is 2.90. The highest BCUT2D eigenvalue weighted by Gasteiger charge is 2.19. The van der Waals surface area contributed by atoms with Gasteiger partial charge in [0, 0.05) is 18.8 Å². The average molecular weight is 365 g/mol. The number of likely N-dealkylation sites (N-methyl/N-ethyl adjacent to an activating group) is 1. The molecule has 0 fully saturated rings. The zero-order chi connectivity index (χ0) is 18.7. The predicted octanol–water partition coefficient (Wildman–Crippen LogP) is 2.56. The highest BCUT2D eigenvalue weighted by atomic mass is 35.5. The minimum atomic E-state index is -0.751. The molecule has 0 aliphatic rings. The maximum absolute atomic E-state index is 12.3. The molecule has 0 spiro atoms. The van der Waals surface area contributed by atoms with Gasteiger partial charge in [-0.3, -0.25) is 4.79 Å². The van der Waals surface area contributed by atoms with Crippen LogP contribution in [0.5, 0.6) is 0 Å². The number of amides is 1. The maximum Gasteiger partial charge on any atom is 0.359 e. The molecular formula is C17H21ClN4O3. The predicted molar refractivity (Wildman–Crippen MR) is 94.0 cm³/mol. The molecule has 7 nitrogen and oxygen atoms in total. The summed E-state index contributed by atoms with van der Waals surface area (Å²) in [7, 11) is 1.65. The summed E-state index contributed by atoms with van der Waals surface area (Å²) in [5.74, 6) is -0.597. The van der Waals surface area contributed by atoms with E-state index in [2.05, 4.69) is 10.1 Å². The van der Waals surface area contributed by atoms with E-state index in [1.54, 1.807) is 23.9 Å². The zero-order valence-electron chi connectivity index (χ0n) is 14.9. The molecule has 8 heteroatoms. The number of aryl methyl sites for hydroxylation is 2. The summed E-state index contributed by atoms with van der Waals surface area (Å²) >= 11 is 6.06. The van der Waals surface area contributed by atoms with E-state index in [1.807, 2.05) is 33.8 Å². The van der Waals surface area contributed by atoms with Crippen molar-refractivity contribution in [3.8, 4) is 5.82 Å². The highest BCUT2D eigenvalue weighted by Crippen LogP contribution is 2.18. The number of ether oxygens (including phenoxy) is 1. The summed E-state index contributed by atoms with van der Waals surface area (Å²) in [6, 6.07) is 5.13. The second-order valence-corrected chi connectivity index (χ2v) is 6.42. The monoisotopic (exact) mass is 364 g/mol. The van der Waals surface area contributed by atoms with E-state index >= 15 is 0 Å². The van der Waals surface area contributed by atoms with Gasteiger partial charge in [-0.2, -0.15) is 5.10 Å². The first kappa shape index (κ1) is 18.9. The molecule has 0 radical (unpaired) electrons. The van der Waals surface area contributed by atoms with E-state index in [1.165, 1.54) is 4.90 Å². The van der Waals surface area contributed by atoms with Crippen LogP contribution in [0.15, 0.2) is 18.2 Å². The molecule has 0 aliphatic heterocycles. The maximum atomic E-state index is 12.3. The van der Waals surface area contributed by atoms with Crippen molar-refractivity contribution in [3.05, 3.63) is 40.3 Å². The second kappa shape index (κ2) is 7.65. The van der Waals surface area contributed by atoms with Gasteiger partial charge in [0.25, 0.3) is 5.91 Å². The van der Waals surface area contributed by atoms with Gasteiger partial charge >= 0.3 is 5.97 Å². The number of hydrogen-bond acceptors (Lipinski definition) is 5. The minimum absolute atomic E-state index is 0.0160. The molecule has 0 bridgehead atoms. The number of pyridine rings is 1. The molecule has 2 rings (SSSR count). The van der Waals surface area contributed by atoms with Crippen LogP contribution in [0.25, 0.3) is 5.82 Å². The molecule has 2 aromatic rings. The highest BCUT2D eigenvalue weighted by molar-refractivity contribution is 6.33. The molecule has 1 amide bonds. The molecule has 0 saturated heterocycles. The number of carbonyl (C=O) groups excluding carboxylic acids is 2. The van der Waals surface area contributed by atoms with Crippen LogP contribution < -0.4 is 0 Å². The van der Waals surface area contributed by atoms with Crippen molar-refractivity contribution in [2.45, 2.75) is 33.7 Å². The van der Waals surface area contributed by atoms with E-state index < -0.39 is 5.97 Å². The summed E-state index contributed by atoms with van der Waals surface area (Å²) in [6.07, 6.45) is 0. The molecule has 2 aromatic heterocycles. The lowest BCUT2D eigenvalue weighted by atomic mass is 10.3. The lowest BCUT2D eigenvalue weighted by Gasteiger charge is -2.21. The van der Waals surface area contributed by atoms with Crippen molar-refractivity contribution >= 4 is 23.5 Å². The SMILES string of the molecule is Cc1cc(C)n(-c2ccc(Cl)c(C(=O)OCC(=O)N(C)C(C)C)n2)n1. The van der Waals surface area contributed by atoms with Crippen LogP contribution in [0.2, 0.25) is 5.02 Å². The number of carbonyl (C=O) groups is 2. The molecule has 0 N–H and O–H groups in total. The zero-order valence-corrected chi connectivity index (χ0v) is 15.7. The van der Waals surface area contributed by atoms with E-state index in [0.29, 0.717) is 5.82 Å². The summed E-state index contributed by atoms with van der Waals surface area (Å²) in [6.45, 7) is 7.13. The van der Waals surface area contributed by atoms with Crippen LogP contribution in [0, 0.1) is 13.8 Å². The Balaban J connectivity index is 2.18. The van der Waals surface area contributed by atoms with Crippen LogP contribution in [-0.4, -0.2) is 51.2 Å². The normalized spacial score (nSPS) is 10.8. The van der Waals surface area contributed by atoms with Crippen molar-refractivity contribution in [1.29, 1.82) is 0 Å². The first-order valence-corrected chi connectivity index (χ1v) is 8.21. The molecule has 0 aromatic carbocycles. The molecular weight excluding hydrogens is 344 g/mol. The number of aromatic nitrogens is 3. The van der Waals surface area contributed by atoms with Gasteiger partial charge in [0.2, 0.25) is 0 Å². The minimum Gasteiger partial charge on any atom is -0.451 e. The van der Waals surface area contributed by atoms with Crippen molar-refractivity contribution in [3.63, 3.8) is 0 Å². The second-order valence-electron chi connectivity index (χ2n) is 6.01. The lowest BCUT2D eigenvalue weighted by molar-refractivity contribution is -0.134. The Morgan fingerprint density at radius 1 is 1.32 bits per heavy atom. The van der Waals surface area contributed by atoms with E-state index in [4.69, 9.17) is 16.3 Å². The third kappa shape index (κ3) is 4.36. The standard InChI is InChI=1S/C17H21ClN4O3/c1-10(2)21(5)15(23)9-25-17(24)16-13(18)6-7-14(19-16)22-12(4)8-11(3)20-22/h6-8,10H,9H2,1-5H3. The third-order valence-corrected chi connectivity index (χ3v) is 4.05. The first-order chi connectivity index (χ1) is 11.7. The topological polar surface area (TPSA) is 77.3 Å². The summed E-state index contributed by atoms with van der Waals surface area (Å²) in [5, 5.41) is 4.48.